The van der Waals surface area contributed by atoms with Crippen LogP contribution in [0.2, 0.25) is 0 Å². The van der Waals surface area contributed by atoms with Crippen molar-refractivity contribution in [2.45, 2.75) is 11.5 Å². The zero-order valence-corrected chi connectivity index (χ0v) is 17.4. The Morgan fingerprint density at radius 3 is 2.55 bits per heavy atom. The summed E-state index contributed by atoms with van der Waals surface area (Å²) < 4.78 is 25.9. The van der Waals surface area contributed by atoms with Gasteiger partial charge < -0.3 is 9.47 Å². The van der Waals surface area contributed by atoms with Gasteiger partial charge in [0, 0.05) is 11.5 Å². The van der Waals surface area contributed by atoms with Crippen molar-refractivity contribution >= 4 is 29.5 Å². The highest BCUT2D eigenvalue weighted by atomic mass is 32.2. The van der Waals surface area contributed by atoms with Gasteiger partial charge in [-0.3, -0.25) is 0 Å². The lowest BCUT2D eigenvalue weighted by Gasteiger charge is -2.13. The third kappa shape index (κ3) is 4.25. The molecule has 0 radical (unpaired) electrons. The Kier molecular flexibility index (Phi) is 5.77. The highest BCUT2D eigenvalue weighted by Gasteiger charge is 2.22. The smallest absolute Gasteiger partial charge is 0.383 e. The van der Waals surface area contributed by atoms with Crippen molar-refractivity contribution in [2.75, 3.05) is 18.6 Å². The summed E-state index contributed by atoms with van der Waals surface area (Å²) >= 11 is 3.78. The van der Waals surface area contributed by atoms with Crippen LogP contribution in [0.1, 0.15) is 26.6 Å². The molecule has 0 bridgehead atoms. The number of aromatic nitrogens is 3. The standard InChI is InChI=1S/C20H18FN3O3S2/c1-12-22-18(23-24(12)15-6-4-14(21)5-7-15)19(25)27-16-8-3-13(11-17(16)26-2)20-28-9-10-29-20/h3-8,11,20H,9-10H2,1-2H3. The number of halogens is 1. The summed E-state index contributed by atoms with van der Waals surface area (Å²) in [5.41, 5.74) is 1.73. The number of rotatable bonds is 5. The first kappa shape index (κ1) is 19.8. The van der Waals surface area contributed by atoms with Gasteiger partial charge >= 0.3 is 5.97 Å². The minimum absolute atomic E-state index is 0.0835. The minimum Gasteiger partial charge on any atom is -0.493 e. The Balaban J connectivity index is 1.55. The highest BCUT2D eigenvalue weighted by molar-refractivity contribution is 8.19. The van der Waals surface area contributed by atoms with E-state index in [-0.39, 0.29) is 11.6 Å². The number of carbonyl (C=O) groups is 1. The molecule has 3 aromatic rings. The lowest BCUT2D eigenvalue weighted by Crippen LogP contribution is -2.12. The Labute approximate surface area is 175 Å². The van der Waals surface area contributed by atoms with Crippen LogP contribution >= 0.6 is 23.5 Å². The summed E-state index contributed by atoms with van der Waals surface area (Å²) in [6.45, 7) is 1.71. The lowest BCUT2D eigenvalue weighted by molar-refractivity contribution is 0.0717. The maximum absolute atomic E-state index is 13.1. The number of ether oxygens (including phenoxy) is 2. The molecule has 0 aliphatic carbocycles. The second kappa shape index (κ2) is 8.46. The summed E-state index contributed by atoms with van der Waals surface area (Å²) in [5.74, 6) is 2.40. The van der Waals surface area contributed by atoms with Gasteiger partial charge in [-0.05, 0) is 48.9 Å². The molecular formula is C20H18FN3O3S2. The molecule has 0 amide bonds. The van der Waals surface area contributed by atoms with Crippen molar-refractivity contribution in [3.05, 3.63) is 65.5 Å². The van der Waals surface area contributed by atoms with Gasteiger partial charge in [0.05, 0.1) is 17.4 Å². The van der Waals surface area contributed by atoms with Crippen LogP contribution in [-0.2, 0) is 0 Å². The largest absolute Gasteiger partial charge is 0.493 e. The number of hydrogen-bond donors (Lipinski definition) is 0. The summed E-state index contributed by atoms with van der Waals surface area (Å²) in [6, 6.07) is 11.3. The van der Waals surface area contributed by atoms with E-state index in [9.17, 15) is 9.18 Å². The van der Waals surface area contributed by atoms with Crippen LogP contribution in [0, 0.1) is 12.7 Å². The summed E-state index contributed by atoms with van der Waals surface area (Å²) in [6.07, 6.45) is 0. The van der Waals surface area contributed by atoms with E-state index in [0.29, 0.717) is 27.6 Å². The van der Waals surface area contributed by atoms with Crippen LogP contribution in [0.3, 0.4) is 0 Å². The molecule has 2 aromatic carbocycles. The zero-order valence-electron chi connectivity index (χ0n) is 15.8. The quantitative estimate of drug-likeness (QED) is 0.438. The molecule has 0 unspecified atom stereocenters. The number of hydrogen-bond acceptors (Lipinski definition) is 7. The molecule has 4 rings (SSSR count). The molecular weight excluding hydrogens is 413 g/mol. The number of aryl methyl sites for hydroxylation is 1. The monoisotopic (exact) mass is 431 g/mol. The number of methoxy groups -OCH3 is 1. The third-order valence-corrected chi connectivity index (χ3v) is 7.41. The fourth-order valence-electron chi connectivity index (χ4n) is 2.91. The van der Waals surface area contributed by atoms with Gasteiger partial charge in [0.1, 0.15) is 11.6 Å². The van der Waals surface area contributed by atoms with Gasteiger partial charge in [-0.2, -0.15) is 0 Å². The molecule has 150 valence electrons. The van der Waals surface area contributed by atoms with Crippen molar-refractivity contribution in [3.63, 3.8) is 0 Å². The average Bonchev–Trinajstić information content (AvgIpc) is 3.39. The van der Waals surface area contributed by atoms with E-state index < -0.39 is 5.97 Å². The Hall–Kier alpha value is -2.52. The fourth-order valence-corrected chi connectivity index (χ4v) is 5.75. The molecule has 0 spiro atoms. The number of esters is 1. The molecule has 1 saturated heterocycles. The predicted octanol–water partition coefficient (Wildman–Crippen LogP) is 4.42. The van der Waals surface area contributed by atoms with Crippen molar-refractivity contribution in [1.29, 1.82) is 0 Å². The van der Waals surface area contributed by atoms with Crippen molar-refractivity contribution in [1.82, 2.24) is 14.8 Å². The first-order valence-corrected chi connectivity index (χ1v) is 11.0. The molecule has 0 N–H and O–H groups in total. The average molecular weight is 432 g/mol. The molecule has 29 heavy (non-hydrogen) atoms. The normalized spacial score (nSPS) is 14.2. The lowest BCUT2D eigenvalue weighted by atomic mass is 10.2. The molecule has 0 atom stereocenters. The minimum atomic E-state index is -0.690. The zero-order chi connectivity index (χ0) is 20.4. The van der Waals surface area contributed by atoms with Crippen LogP contribution in [0.15, 0.2) is 42.5 Å². The highest BCUT2D eigenvalue weighted by Crippen LogP contribution is 2.47. The second-order valence-corrected chi connectivity index (χ2v) is 8.97. The van der Waals surface area contributed by atoms with Crippen molar-refractivity contribution in [2.24, 2.45) is 0 Å². The number of thioether (sulfide) groups is 2. The summed E-state index contributed by atoms with van der Waals surface area (Å²) in [5, 5.41) is 4.20. The maximum Gasteiger partial charge on any atom is 0.383 e. The molecule has 1 fully saturated rings. The van der Waals surface area contributed by atoms with E-state index in [2.05, 4.69) is 10.1 Å². The van der Waals surface area contributed by atoms with Gasteiger partial charge in [0.25, 0.3) is 5.82 Å². The van der Waals surface area contributed by atoms with Crippen LogP contribution in [0.5, 0.6) is 11.5 Å². The topological polar surface area (TPSA) is 66.2 Å². The first-order valence-electron chi connectivity index (χ1n) is 8.88. The van der Waals surface area contributed by atoms with Crippen molar-refractivity contribution < 1.29 is 18.7 Å². The van der Waals surface area contributed by atoms with Gasteiger partial charge in [0.2, 0.25) is 0 Å². The number of benzene rings is 2. The van der Waals surface area contributed by atoms with Gasteiger partial charge in [0.15, 0.2) is 11.5 Å². The van der Waals surface area contributed by atoms with E-state index in [1.54, 1.807) is 25.1 Å². The summed E-state index contributed by atoms with van der Waals surface area (Å²) in [7, 11) is 1.54. The second-order valence-electron chi connectivity index (χ2n) is 6.24. The molecule has 1 aromatic heterocycles. The van der Waals surface area contributed by atoms with Gasteiger partial charge in [-0.1, -0.05) is 6.07 Å². The van der Waals surface area contributed by atoms with Crippen LogP contribution in [0.25, 0.3) is 5.69 Å². The first-order chi connectivity index (χ1) is 14.0. The molecule has 1 aliphatic rings. The number of carbonyl (C=O) groups excluding carboxylic acids is 1. The SMILES string of the molecule is COc1cc(C2SCCS2)ccc1OC(=O)c1nc(C)n(-c2ccc(F)cc2)n1. The van der Waals surface area contributed by atoms with E-state index in [1.165, 1.54) is 23.9 Å². The predicted molar refractivity (Wildman–Crippen MR) is 112 cm³/mol. The Bertz CT molecular complexity index is 1030. The van der Waals surface area contributed by atoms with E-state index in [1.807, 2.05) is 35.7 Å². The van der Waals surface area contributed by atoms with Gasteiger partial charge in [-0.15, -0.1) is 28.6 Å². The number of nitrogens with zero attached hydrogens (tertiary/aromatic N) is 3. The molecule has 9 heteroatoms. The van der Waals surface area contributed by atoms with Gasteiger partial charge in [-0.25, -0.2) is 18.9 Å². The molecule has 1 aliphatic heterocycles. The van der Waals surface area contributed by atoms with Crippen LogP contribution in [-0.4, -0.2) is 39.3 Å². The van der Waals surface area contributed by atoms with E-state index in [4.69, 9.17) is 9.47 Å². The third-order valence-electron chi connectivity index (χ3n) is 4.31. The fraction of sp³-hybridized carbons (Fsp3) is 0.250. The van der Waals surface area contributed by atoms with Crippen LogP contribution < -0.4 is 9.47 Å². The molecule has 2 heterocycles. The summed E-state index contributed by atoms with van der Waals surface area (Å²) in [4.78, 5) is 16.8. The molecule has 6 nitrogen and oxygen atoms in total. The Morgan fingerprint density at radius 1 is 1.14 bits per heavy atom. The maximum atomic E-state index is 13.1. The Morgan fingerprint density at radius 2 is 1.86 bits per heavy atom. The van der Waals surface area contributed by atoms with Crippen molar-refractivity contribution in [3.8, 4) is 17.2 Å². The van der Waals surface area contributed by atoms with Crippen LogP contribution in [0.4, 0.5) is 4.39 Å². The van der Waals surface area contributed by atoms with E-state index in [0.717, 1.165) is 17.1 Å². The van der Waals surface area contributed by atoms with E-state index >= 15 is 0 Å². The molecule has 0 saturated carbocycles.